The molecule has 0 saturated heterocycles. The fourth-order valence-electron chi connectivity index (χ4n) is 2.94. The van der Waals surface area contributed by atoms with Gasteiger partial charge in [-0.2, -0.15) is 0 Å². The molecule has 1 aromatic heterocycles. The summed E-state index contributed by atoms with van der Waals surface area (Å²) in [5.41, 5.74) is 0.733. The third-order valence-corrected chi connectivity index (χ3v) is 4.48. The molecule has 0 unspecified atom stereocenters. The molecule has 134 valence electrons. The summed E-state index contributed by atoms with van der Waals surface area (Å²) >= 11 is 0. The van der Waals surface area contributed by atoms with E-state index in [2.05, 4.69) is 10.3 Å². The minimum atomic E-state index is -0.442. The number of carbonyl (C=O) groups excluding carboxylic acids is 1. The summed E-state index contributed by atoms with van der Waals surface area (Å²) in [5.74, 6) is 1.47. The van der Waals surface area contributed by atoms with E-state index in [4.69, 9.17) is 9.47 Å². The molecule has 0 aliphatic heterocycles. The predicted molar refractivity (Wildman–Crippen MR) is 95.4 cm³/mol. The zero-order chi connectivity index (χ0) is 17.6. The standard InChI is InChI=1S/C19H25N3O3/c1-14(25-17-5-3-4-6-17)19(23)21-15-7-9-16(10-8-15)24-13-18-20-11-12-22(18)2/h7-12,14,17H,3-6,13H2,1-2H3,(H,21,23)/t14-/m1/s1. The second-order valence-corrected chi connectivity index (χ2v) is 6.44. The second kappa shape index (κ2) is 8.16. The number of hydrogen-bond acceptors (Lipinski definition) is 4. The van der Waals surface area contributed by atoms with Crippen molar-refractivity contribution in [1.29, 1.82) is 0 Å². The van der Waals surface area contributed by atoms with Crippen LogP contribution in [0.5, 0.6) is 5.75 Å². The van der Waals surface area contributed by atoms with Crippen LogP contribution in [0.3, 0.4) is 0 Å². The molecule has 0 bridgehead atoms. The number of ether oxygens (including phenoxy) is 2. The Balaban J connectivity index is 1.48. The van der Waals surface area contributed by atoms with Crippen molar-refractivity contribution < 1.29 is 14.3 Å². The van der Waals surface area contributed by atoms with Crippen molar-refractivity contribution in [3.05, 3.63) is 42.5 Å². The Labute approximate surface area is 148 Å². The number of nitrogens with zero attached hydrogens (tertiary/aromatic N) is 2. The highest BCUT2D eigenvalue weighted by Crippen LogP contribution is 2.23. The van der Waals surface area contributed by atoms with Crippen molar-refractivity contribution in [2.75, 3.05) is 5.32 Å². The van der Waals surface area contributed by atoms with E-state index >= 15 is 0 Å². The summed E-state index contributed by atoms with van der Waals surface area (Å²) in [5, 5.41) is 2.89. The van der Waals surface area contributed by atoms with Crippen LogP contribution >= 0.6 is 0 Å². The first-order valence-corrected chi connectivity index (χ1v) is 8.77. The van der Waals surface area contributed by atoms with Gasteiger partial charge in [0.25, 0.3) is 5.91 Å². The van der Waals surface area contributed by atoms with Gasteiger partial charge in [-0.15, -0.1) is 0 Å². The maximum Gasteiger partial charge on any atom is 0.253 e. The summed E-state index contributed by atoms with van der Waals surface area (Å²) < 4.78 is 13.4. The average molecular weight is 343 g/mol. The lowest BCUT2D eigenvalue weighted by Crippen LogP contribution is -2.30. The van der Waals surface area contributed by atoms with Crippen molar-refractivity contribution >= 4 is 11.6 Å². The fourth-order valence-corrected chi connectivity index (χ4v) is 2.94. The number of amides is 1. The number of imidazole rings is 1. The molecule has 6 nitrogen and oxygen atoms in total. The molecule has 6 heteroatoms. The third kappa shape index (κ3) is 4.82. The minimum absolute atomic E-state index is 0.117. The van der Waals surface area contributed by atoms with Crippen molar-refractivity contribution in [3.63, 3.8) is 0 Å². The topological polar surface area (TPSA) is 65.4 Å². The van der Waals surface area contributed by atoms with Gasteiger partial charge in [0.1, 0.15) is 24.3 Å². The first-order valence-electron chi connectivity index (χ1n) is 8.77. The number of nitrogens with one attached hydrogen (secondary N) is 1. The molecule has 1 aliphatic carbocycles. The maximum absolute atomic E-state index is 12.2. The van der Waals surface area contributed by atoms with Gasteiger partial charge >= 0.3 is 0 Å². The van der Waals surface area contributed by atoms with Gasteiger partial charge in [0.05, 0.1) is 6.10 Å². The molecule has 1 fully saturated rings. The normalized spacial score (nSPS) is 15.9. The number of aryl methyl sites for hydroxylation is 1. The van der Waals surface area contributed by atoms with Gasteiger partial charge in [-0.05, 0) is 44.0 Å². The molecule has 1 heterocycles. The summed E-state index contributed by atoms with van der Waals surface area (Å²) in [7, 11) is 1.93. The van der Waals surface area contributed by atoms with E-state index in [9.17, 15) is 4.79 Å². The molecule has 1 aliphatic rings. The van der Waals surface area contributed by atoms with Crippen molar-refractivity contribution in [2.45, 2.75) is 51.4 Å². The zero-order valence-corrected chi connectivity index (χ0v) is 14.8. The molecule has 1 aromatic carbocycles. The van der Waals surface area contributed by atoms with E-state index in [1.54, 1.807) is 13.1 Å². The molecule has 1 amide bonds. The van der Waals surface area contributed by atoms with Crippen LogP contribution in [0.25, 0.3) is 0 Å². The third-order valence-electron chi connectivity index (χ3n) is 4.48. The van der Waals surface area contributed by atoms with E-state index in [-0.39, 0.29) is 12.0 Å². The van der Waals surface area contributed by atoms with Crippen molar-refractivity contribution in [3.8, 4) is 5.75 Å². The molecule has 3 rings (SSSR count). The van der Waals surface area contributed by atoms with Gasteiger partial charge in [0, 0.05) is 25.1 Å². The van der Waals surface area contributed by atoms with Gasteiger partial charge in [-0.3, -0.25) is 4.79 Å². The first-order chi connectivity index (χ1) is 12.1. The quantitative estimate of drug-likeness (QED) is 0.838. The predicted octanol–water partition coefficient (Wildman–Crippen LogP) is 3.29. The smallest absolute Gasteiger partial charge is 0.253 e. The minimum Gasteiger partial charge on any atom is -0.486 e. The Bertz CT molecular complexity index is 690. The van der Waals surface area contributed by atoms with Crippen LogP contribution in [0.4, 0.5) is 5.69 Å². The molecule has 0 spiro atoms. The Morgan fingerprint density at radius 1 is 1.32 bits per heavy atom. The molecular formula is C19H25N3O3. The Morgan fingerprint density at radius 3 is 2.68 bits per heavy atom. The molecule has 1 atom stereocenters. The summed E-state index contributed by atoms with van der Waals surface area (Å²) in [6, 6.07) is 7.32. The maximum atomic E-state index is 12.2. The number of rotatable bonds is 7. The average Bonchev–Trinajstić information content (AvgIpc) is 3.26. The number of hydrogen-bond donors (Lipinski definition) is 1. The Morgan fingerprint density at radius 2 is 2.04 bits per heavy atom. The molecule has 2 aromatic rings. The number of benzene rings is 1. The first kappa shape index (κ1) is 17.5. The molecule has 1 N–H and O–H groups in total. The van der Waals surface area contributed by atoms with Crippen LogP contribution in [-0.4, -0.2) is 27.7 Å². The lowest BCUT2D eigenvalue weighted by atomic mass is 10.2. The lowest BCUT2D eigenvalue weighted by Gasteiger charge is -2.18. The molecule has 1 saturated carbocycles. The van der Waals surface area contributed by atoms with Crippen LogP contribution in [0.15, 0.2) is 36.7 Å². The van der Waals surface area contributed by atoms with Crippen LogP contribution in [0.1, 0.15) is 38.4 Å². The number of anilines is 1. The van der Waals surface area contributed by atoms with Crippen molar-refractivity contribution in [1.82, 2.24) is 9.55 Å². The lowest BCUT2D eigenvalue weighted by molar-refractivity contribution is -0.129. The highest BCUT2D eigenvalue weighted by molar-refractivity contribution is 5.93. The Hall–Kier alpha value is -2.34. The van der Waals surface area contributed by atoms with Crippen LogP contribution < -0.4 is 10.1 Å². The summed E-state index contributed by atoms with van der Waals surface area (Å²) in [6.07, 6.45) is 7.90. The SMILES string of the molecule is C[C@@H](OC1CCCC1)C(=O)Nc1ccc(OCc2nccn2C)cc1. The highest BCUT2D eigenvalue weighted by Gasteiger charge is 2.22. The summed E-state index contributed by atoms with van der Waals surface area (Å²) in [4.78, 5) is 16.4. The van der Waals surface area contributed by atoms with E-state index in [1.807, 2.05) is 42.1 Å². The summed E-state index contributed by atoms with van der Waals surface area (Å²) in [6.45, 7) is 2.21. The Kier molecular flexibility index (Phi) is 5.71. The van der Waals surface area contributed by atoms with E-state index in [0.29, 0.717) is 6.61 Å². The van der Waals surface area contributed by atoms with E-state index in [0.717, 1.165) is 30.1 Å². The van der Waals surface area contributed by atoms with Gasteiger partial charge in [0.2, 0.25) is 0 Å². The van der Waals surface area contributed by atoms with E-state index in [1.165, 1.54) is 12.8 Å². The molecular weight excluding hydrogens is 318 g/mol. The monoisotopic (exact) mass is 343 g/mol. The number of aromatic nitrogens is 2. The van der Waals surface area contributed by atoms with E-state index < -0.39 is 6.10 Å². The second-order valence-electron chi connectivity index (χ2n) is 6.44. The largest absolute Gasteiger partial charge is 0.486 e. The van der Waals surface area contributed by atoms with Crippen LogP contribution in [0, 0.1) is 0 Å². The van der Waals surface area contributed by atoms with Gasteiger partial charge in [-0.25, -0.2) is 4.98 Å². The van der Waals surface area contributed by atoms with Gasteiger partial charge < -0.3 is 19.4 Å². The fraction of sp³-hybridized carbons (Fsp3) is 0.474. The molecule has 25 heavy (non-hydrogen) atoms. The molecule has 0 radical (unpaired) electrons. The van der Waals surface area contributed by atoms with Crippen LogP contribution in [-0.2, 0) is 23.2 Å². The van der Waals surface area contributed by atoms with Crippen LogP contribution in [0.2, 0.25) is 0 Å². The van der Waals surface area contributed by atoms with Crippen molar-refractivity contribution in [2.24, 2.45) is 7.05 Å². The van der Waals surface area contributed by atoms with Gasteiger partial charge in [-0.1, -0.05) is 12.8 Å². The zero-order valence-electron chi connectivity index (χ0n) is 14.8. The number of carbonyl (C=O) groups is 1. The van der Waals surface area contributed by atoms with Gasteiger partial charge in [0.15, 0.2) is 0 Å². The highest BCUT2D eigenvalue weighted by atomic mass is 16.5.